The van der Waals surface area contributed by atoms with Crippen LogP contribution in [0.2, 0.25) is 0 Å². The van der Waals surface area contributed by atoms with Gasteiger partial charge in [0.1, 0.15) is 0 Å². The number of aromatic nitrogens is 1. The summed E-state index contributed by atoms with van der Waals surface area (Å²) < 4.78 is 1.42. The summed E-state index contributed by atoms with van der Waals surface area (Å²) >= 11 is 0. The maximum atomic E-state index is 12.1. The summed E-state index contributed by atoms with van der Waals surface area (Å²) in [5, 5.41) is 8.95. The SMILES string of the molecule is Cn1ccc(C(=O)N(CCO)C2CC2)cc1=O. The fraction of sp³-hybridized carbons (Fsp3) is 0.500. The molecular weight excluding hydrogens is 220 g/mol. The average molecular weight is 236 g/mol. The second-order valence-electron chi connectivity index (χ2n) is 4.32. The third-order valence-electron chi connectivity index (χ3n) is 2.94. The van der Waals surface area contributed by atoms with Gasteiger partial charge in [-0.2, -0.15) is 0 Å². The maximum Gasteiger partial charge on any atom is 0.254 e. The lowest BCUT2D eigenvalue weighted by molar-refractivity contribution is 0.0707. The molecule has 2 rings (SSSR count). The molecule has 0 radical (unpaired) electrons. The smallest absolute Gasteiger partial charge is 0.254 e. The van der Waals surface area contributed by atoms with Crippen LogP contribution in [0.25, 0.3) is 0 Å². The second-order valence-corrected chi connectivity index (χ2v) is 4.32. The number of nitrogens with zero attached hydrogens (tertiary/aromatic N) is 2. The number of carbonyl (C=O) groups is 1. The third kappa shape index (κ3) is 2.55. The van der Waals surface area contributed by atoms with Crippen LogP contribution in [0.3, 0.4) is 0 Å². The summed E-state index contributed by atoms with van der Waals surface area (Å²) in [6, 6.07) is 3.21. The van der Waals surface area contributed by atoms with E-state index in [-0.39, 0.29) is 24.1 Å². The van der Waals surface area contributed by atoms with Crippen molar-refractivity contribution < 1.29 is 9.90 Å². The summed E-state index contributed by atoms with van der Waals surface area (Å²) in [6.07, 6.45) is 3.55. The summed E-state index contributed by atoms with van der Waals surface area (Å²) in [5.41, 5.74) is 0.198. The monoisotopic (exact) mass is 236 g/mol. The topological polar surface area (TPSA) is 62.5 Å². The Labute approximate surface area is 99.3 Å². The van der Waals surface area contributed by atoms with Gasteiger partial charge in [0.15, 0.2) is 0 Å². The highest BCUT2D eigenvalue weighted by Gasteiger charge is 2.32. The Morgan fingerprint density at radius 2 is 2.29 bits per heavy atom. The van der Waals surface area contributed by atoms with Crippen LogP contribution in [-0.2, 0) is 7.05 Å². The van der Waals surface area contributed by atoms with Crippen molar-refractivity contribution in [1.29, 1.82) is 0 Å². The van der Waals surface area contributed by atoms with Crippen LogP contribution in [0.4, 0.5) is 0 Å². The lowest BCUT2D eigenvalue weighted by Gasteiger charge is -2.21. The lowest BCUT2D eigenvalue weighted by atomic mass is 10.2. The van der Waals surface area contributed by atoms with Crippen molar-refractivity contribution in [2.45, 2.75) is 18.9 Å². The van der Waals surface area contributed by atoms with E-state index in [0.717, 1.165) is 12.8 Å². The van der Waals surface area contributed by atoms with Gasteiger partial charge in [0, 0.05) is 37.5 Å². The minimum Gasteiger partial charge on any atom is -0.395 e. The van der Waals surface area contributed by atoms with Crippen molar-refractivity contribution in [3.05, 3.63) is 34.2 Å². The number of aryl methyl sites for hydroxylation is 1. The fourth-order valence-corrected chi connectivity index (χ4v) is 1.79. The molecule has 5 nitrogen and oxygen atoms in total. The predicted molar refractivity (Wildman–Crippen MR) is 62.8 cm³/mol. The molecule has 1 N–H and O–H groups in total. The molecular formula is C12H16N2O3. The lowest BCUT2D eigenvalue weighted by Crippen LogP contribution is -2.36. The van der Waals surface area contributed by atoms with Gasteiger partial charge in [-0.1, -0.05) is 0 Å². The molecule has 1 saturated carbocycles. The quantitative estimate of drug-likeness (QED) is 0.799. The highest BCUT2D eigenvalue weighted by molar-refractivity contribution is 5.94. The molecule has 1 aliphatic rings. The zero-order valence-electron chi connectivity index (χ0n) is 9.80. The van der Waals surface area contributed by atoms with E-state index in [1.807, 2.05) is 0 Å². The maximum absolute atomic E-state index is 12.1. The summed E-state index contributed by atoms with van der Waals surface area (Å²) in [5.74, 6) is -0.167. The Kier molecular flexibility index (Phi) is 3.28. The van der Waals surface area contributed by atoms with Gasteiger partial charge in [0.25, 0.3) is 11.5 Å². The number of aliphatic hydroxyl groups excluding tert-OH is 1. The first kappa shape index (κ1) is 11.9. The van der Waals surface area contributed by atoms with Crippen LogP contribution in [0.1, 0.15) is 23.2 Å². The largest absolute Gasteiger partial charge is 0.395 e. The molecule has 1 aromatic heterocycles. The molecule has 0 aromatic carbocycles. The van der Waals surface area contributed by atoms with E-state index in [1.165, 1.54) is 10.6 Å². The van der Waals surface area contributed by atoms with Crippen LogP contribution in [-0.4, -0.2) is 39.7 Å². The summed E-state index contributed by atoms with van der Waals surface area (Å²) in [6.45, 7) is 0.284. The van der Waals surface area contributed by atoms with E-state index in [1.54, 1.807) is 24.2 Å². The van der Waals surface area contributed by atoms with Crippen molar-refractivity contribution >= 4 is 5.91 Å². The first-order valence-corrected chi connectivity index (χ1v) is 5.72. The molecule has 0 atom stereocenters. The van der Waals surface area contributed by atoms with Gasteiger partial charge in [-0.25, -0.2) is 0 Å². The average Bonchev–Trinajstić information content (AvgIpc) is 3.13. The fourth-order valence-electron chi connectivity index (χ4n) is 1.79. The highest BCUT2D eigenvalue weighted by atomic mass is 16.3. The molecule has 92 valence electrons. The van der Waals surface area contributed by atoms with Crippen molar-refractivity contribution in [2.75, 3.05) is 13.2 Å². The van der Waals surface area contributed by atoms with Crippen molar-refractivity contribution in [3.63, 3.8) is 0 Å². The van der Waals surface area contributed by atoms with Gasteiger partial charge >= 0.3 is 0 Å². The molecule has 0 spiro atoms. The number of rotatable bonds is 4. The molecule has 1 amide bonds. The van der Waals surface area contributed by atoms with Crippen molar-refractivity contribution in [2.24, 2.45) is 7.05 Å². The van der Waals surface area contributed by atoms with Gasteiger partial charge in [0.2, 0.25) is 0 Å². The summed E-state index contributed by atoms with van der Waals surface area (Å²) in [4.78, 5) is 25.2. The minimum absolute atomic E-state index is 0.0485. The Bertz CT molecular complexity index is 477. The molecule has 0 bridgehead atoms. The molecule has 1 heterocycles. The van der Waals surface area contributed by atoms with E-state index >= 15 is 0 Å². The number of hydrogen-bond acceptors (Lipinski definition) is 3. The number of amides is 1. The molecule has 0 unspecified atom stereocenters. The van der Waals surface area contributed by atoms with Crippen LogP contribution in [0, 0.1) is 0 Å². The van der Waals surface area contributed by atoms with Gasteiger partial charge < -0.3 is 14.6 Å². The Morgan fingerprint density at radius 1 is 1.59 bits per heavy atom. The van der Waals surface area contributed by atoms with E-state index < -0.39 is 0 Å². The molecule has 1 fully saturated rings. The first-order chi connectivity index (χ1) is 8.13. The zero-order valence-corrected chi connectivity index (χ0v) is 9.80. The zero-order chi connectivity index (χ0) is 12.4. The first-order valence-electron chi connectivity index (χ1n) is 5.72. The van der Waals surface area contributed by atoms with Gasteiger partial charge in [-0.3, -0.25) is 9.59 Å². The van der Waals surface area contributed by atoms with E-state index in [2.05, 4.69) is 0 Å². The summed E-state index contributed by atoms with van der Waals surface area (Å²) in [7, 11) is 1.64. The number of pyridine rings is 1. The Balaban J connectivity index is 2.22. The highest BCUT2D eigenvalue weighted by Crippen LogP contribution is 2.27. The van der Waals surface area contributed by atoms with Crippen molar-refractivity contribution in [3.8, 4) is 0 Å². The number of aliphatic hydroxyl groups is 1. The molecule has 0 aliphatic heterocycles. The Morgan fingerprint density at radius 3 is 2.82 bits per heavy atom. The minimum atomic E-state index is -0.199. The number of carbonyl (C=O) groups excluding carboxylic acids is 1. The van der Waals surface area contributed by atoms with E-state index in [4.69, 9.17) is 5.11 Å². The predicted octanol–water partition coefficient (Wildman–Crippen LogP) is -0.0178. The van der Waals surface area contributed by atoms with Crippen molar-refractivity contribution in [1.82, 2.24) is 9.47 Å². The van der Waals surface area contributed by atoms with Crippen LogP contribution < -0.4 is 5.56 Å². The van der Waals surface area contributed by atoms with E-state index in [0.29, 0.717) is 12.1 Å². The number of hydrogen-bond donors (Lipinski definition) is 1. The van der Waals surface area contributed by atoms with Crippen LogP contribution in [0.5, 0.6) is 0 Å². The van der Waals surface area contributed by atoms with Crippen LogP contribution >= 0.6 is 0 Å². The van der Waals surface area contributed by atoms with Crippen LogP contribution in [0.15, 0.2) is 23.1 Å². The van der Waals surface area contributed by atoms with E-state index in [9.17, 15) is 9.59 Å². The Hall–Kier alpha value is -1.62. The molecule has 5 heteroatoms. The van der Waals surface area contributed by atoms with Gasteiger partial charge in [-0.05, 0) is 18.9 Å². The normalized spacial score (nSPS) is 14.7. The molecule has 1 aliphatic carbocycles. The second kappa shape index (κ2) is 4.71. The third-order valence-corrected chi connectivity index (χ3v) is 2.94. The van der Waals surface area contributed by atoms with Gasteiger partial charge in [-0.15, -0.1) is 0 Å². The standard InChI is InChI=1S/C12H16N2O3/c1-13-5-4-9(8-11(13)16)12(17)14(6-7-15)10-2-3-10/h4-5,8,10,15H,2-3,6-7H2,1H3. The molecule has 0 saturated heterocycles. The molecule has 1 aromatic rings. The molecule has 17 heavy (non-hydrogen) atoms. The van der Waals surface area contributed by atoms with Gasteiger partial charge in [0.05, 0.1) is 6.61 Å².